The van der Waals surface area contributed by atoms with Gasteiger partial charge in [-0.25, -0.2) is 9.59 Å². The van der Waals surface area contributed by atoms with E-state index in [4.69, 9.17) is 9.47 Å². The number of benzene rings is 2. The molecule has 272 valence electrons. The molecule has 0 saturated carbocycles. The zero-order valence-electron chi connectivity index (χ0n) is 30.3. The number of rotatable bonds is 10. The molecule has 12 nitrogen and oxygen atoms in total. The predicted molar refractivity (Wildman–Crippen MR) is 187 cm³/mol. The molecule has 0 aromatic heterocycles. The number of nitrogens with zero attached hydrogens (tertiary/aromatic N) is 2. The monoisotopic (exact) mass is 692 g/mol. The molecule has 2 aromatic carbocycles. The van der Waals surface area contributed by atoms with Crippen LogP contribution in [0, 0.1) is 5.41 Å². The standard InChI is InChI=1S/C38H52N4O8/c1-37(2,3)32(40-31(43)22-41(7)36(48)50-38(4,5)6)34(45)42-20-19-27(49-23-24-15-17-26(18-16-24)35(46)47)21-30(42)33(44)39-29-14-10-12-25-11-8-9-13-28(25)29/h8-9,11,13,15-18,27,29-30,32H,10,12,14,19-23H2,1-7H3,(H,39,44)(H,40,43)(H,46,47)/t27-,29?,30?,32?/m1/s1. The maximum Gasteiger partial charge on any atom is 0.410 e. The van der Waals surface area contributed by atoms with E-state index in [1.807, 2.05) is 39.0 Å². The first-order chi connectivity index (χ1) is 23.4. The fraction of sp³-hybridized carbons (Fsp3) is 0.553. The molecule has 2 aromatic rings. The molecular formula is C38H52N4O8. The molecule has 0 bridgehead atoms. The molecule has 1 aliphatic carbocycles. The fourth-order valence-corrected chi connectivity index (χ4v) is 6.37. The molecule has 2 aliphatic rings. The normalized spacial score (nSPS) is 19.8. The summed E-state index contributed by atoms with van der Waals surface area (Å²) in [5, 5.41) is 15.3. The minimum atomic E-state index is -1.01. The quantitative estimate of drug-likeness (QED) is 0.319. The highest BCUT2D eigenvalue weighted by atomic mass is 16.6. The lowest BCUT2D eigenvalue weighted by atomic mass is 9.84. The van der Waals surface area contributed by atoms with Crippen LogP contribution in [0.2, 0.25) is 0 Å². The van der Waals surface area contributed by atoms with Crippen LogP contribution < -0.4 is 10.6 Å². The van der Waals surface area contributed by atoms with E-state index in [1.54, 1.807) is 37.8 Å². The molecule has 1 fully saturated rings. The summed E-state index contributed by atoms with van der Waals surface area (Å²) in [7, 11) is 1.45. The Balaban J connectivity index is 1.53. The van der Waals surface area contributed by atoms with E-state index >= 15 is 0 Å². The van der Waals surface area contributed by atoms with Gasteiger partial charge in [0.25, 0.3) is 0 Å². The summed E-state index contributed by atoms with van der Waals surface area (Å²) >= 11 is 0. The summed E-state index contributed by atoms with van der Waals surface area (Å²) in [5.41, 5.74) is 1.78. The van der Waals surface area contributed by atoms with E-state index in [1.165, 1.54) is 24.7 Å². The highest BCUT2D eigenvalue weighted by Gasteiger charge is 2.43. The fourth-order valence-electron chi connectivity index (χ4n) is 6.37. The summed E-state index contributed by atoms with van der Waals surface area (Å²) in [6.07, 6.45) is 2.34. The Morgan fingerprint density at radius 2 is 1.66 bits per heavy atom. The van der Waals surface area contributed by atoms with E-state index in [0.29, 0.717) is 6.42 Å². The first-order valence-corrected chi connectivity index (χ1v) is 17.3. The Bertz CT molecular complexity index is 1550. The van der Waals surface area contributed by atoms with Crippen molar-refractivity contribution >= 4 is 29.8 Å². The second kappa shape index (κ2) is 16.1. The van der Waals surface area contributed by atoms with Crippen LogP contribution in [0.4, 0.5) is 4.79 Å². The Kier molecular flexibility index (Phi) is 12.3. The molecule has 3 N–H and O–H groups in total. The number of carbonyl (C=O) groups excluding carboxylic acids is 4. The molecule has 1 heterocycles. The van der Waals surface area contributed by atoms with Gasteiger partial charge in [0.15, 0.2) is 0 Å². The average molecular weight is 693 g/mol. The van der Waals surface area contributed by atoms with Crippen LogP contribution in [0.3, 0.4) is 0 Å². The molecule has 4 rings (SSSR count). The molecule has 12 heteroatoms. The Morgan fingerprint density at radius 1 is 0.980 bits per heavy atom. The van der Waals surface area contributed by atoms with Gasteiger partial charge in [-0.2, -0.15) is 0 Å². The number of likely N-dealkylation sites (N-methyl/N-ethyl adjacent to an activating group) is 1. The van der Waals surface area contributed by atoms with E-state index in [9.17, 15) is 29.1 Å². The number of hydrogen-bond donors (Lipinski definition) is 3. The van der Waals surface area contributed by atoms with Crippen molar-refractivity contribution in [3.8, 4) is 0 Å². The summed E-state index contributed by atoms with van der Waals surface area (Å²) in [6.45, 7) is 10.9. The van der Waals surface area contributed by atoms with E-state index < -0.39 is 47.0 Å². The number of carboxylic acids is 1. The van der Waals surface area contributed by atoms with E-state index in [2.05, 4.69) is 16.7 Å². The number of aryl methyl sites for hydroxylation is 1. The predicted octanol–water partition coefficient (Wildman–Crippen LogP) is 4.85. The van der Waals surface area contributed by atoms with Crippen LogP contribution in [0.15, 0.2) is 48.5 Å². The molecule has 1 saturated heterocycles. The average Bonchev–Trinajstić information content (AvgIpc) is 3.05. The van der Waals surface area contributed by atoms with Crippen molar-refractivity contribution in [1.29, 1.82) is 0 Å². The first-order valence-electron chi connectivity index (χ1n) is 17.3. The lowest BCUT2D eigenvalue weighted by molar-refractivity contribution is -0.151. The van der Waals surface area contributed by atoms with E-state index in [-0.39, 0.29) is 49.7 Å². The third-order valence-electron chi connectivity index (χ3n) is 9.02. The highest BCUT2D eigenvalue weighted by Crippen LogP contribution is 2.32. The van der Waals surface area contributed by atoms with Gasteiger partial charge in [0, 0.05) is 20.0 Å². The zero-order chi connectivity index (χ0) is 36.8. The minimum absolute atomic E-state index is 0.179. The Labute approximate surface area is 294 Å². The van der Waals surface area contributed by atoms with Crippen molar-refractivity contribution in [1.82, 2.24) is 20.4 Å². The van der Waals surface area contributed by atoms with Gasteiger partial charge >= 0.3 is 12.1 Å². The number of carboxylic acid groups (broad SMARTS) is 1. The molecule has 4 amide bonds. The summed E-state index contributed by atoms with van der Waals surface area (Å²) in [4.78, 5) is 68.3. The van der Waals surface area contributed by atoms with E-state index in [0.717, 1.165) is 35.3 Å². The molecule has 0 radical (unpaired) electrons. The molecule has 4 atom stereocenters. The van der Waals surface area contributed by atoms with Crippen LogP contribution in [0.5, 0.6) is 0 Å². The van der Waals surface area contributed by atoms with Gasteiger partial charge in [-0.05, 0) is 80.7 Å². The number of ether oxygens (including phenoxy) is 2. The van der Waals surface area contributed by atoms with Crippen molar-refractivity contribution in [3.63, 3.8) is 0 Å². The SMILES string of the molecule is CN(CC(=O)NC(C(=O)N1CC[C@@H](OCc2ccc(C(=O)O)cc2)CC1C(=O)NC1CCCc2ccccc21)C(C)(C)C)C(=O)OC(C)(C)C. The maximum atomic E-state index is 14.4. The van der Waals surface area contributed by atoms with Crippen molar-refractivity contribution in [2.45, 2.75) is 110 Å². The van der Waals surface area contributed by atoms with Gasteiger partial charge in [0.05, 0.1) is 24.3 Å². The molecule has 50 heavy (non-hydrogen) atoms. The number of hydrogen-bond acceptors (Lipinski definition) is 7. The number of likely N-dealkylation sites (tertiary alicyclic amines) is 1. The van der Waals surface area contributed by atoms with Crippen molar-refractivity contribution in [2.75, 3.05) is 20.1 Å². The van der Waals surface area contributed by atoms with Crippen molar-refractivity contribution in [3.05, 3.63) is 70.8 Å². The first kappa shape index (κ1) is 38.4. The van der Waals surface area contributed by atoms with Gasteiger partial charge in [-0.1, -0.05) is 57.2 Å². The summed E-state index contributed by atoms with van der Waals surface area (Å²) in [6, 6.07) is 12.5. The zero-order valence-corrected chi connectivity index (χ0v) is 30.3. The summed E-state index contributed by atoms with van der Waals surface area (Å²) in [5.74, 6) is -2.22. The number of nitrogens with one attached hydrogen (secondary N) is 2. The second-order valence-electron chi connectivity index (χ2n) is 15.4. The van der Waals surface area contributed by atoms with Gasteiger partial charge in [0.2, 0.25) is 17.7 Å². The topological polar surface area (TPSA) is 155 Å². The largest absolute Gasteiger partial charge is 0.478 e. The third-order valence-corrected chi connectivity index (χ3v) is 9.02. The number of fused-ring (bicyclic) bond motifs is 1. The van der Waals surface area contributed by atoms with Gasteiger partial charge < -0.3 is 35.0 Å². The third kappa shape index (κ3) is 10.3. The van der Waals surface area contributed by atoms with Crippen molar-refractivity contribution in [2.24, 2.45) is 5.41 Å². The van der Waals surface area contributed by atoms with Gasteiger partial charge in [0.1, 0.15) is 24.2 Å². The smallest absolute Gasteiger partial charge is 0.410 e. The van der Waals surface area contributed by atoms with Crippen LogP contribution >= 0.6 is 0 Å². The number of carbonyl (C=O) groups is 5. The molecular weight excluding hydrogens is 640 g/mol. The Morgan fingerprint density at radius 3 is 2.30 bits per heavy atom. The van der Waals surface area contributed by atoms with Crippen LogP contribution in [0.25, 0.3) is 0 Å². The van der Waals surface area contributed by atoms with Crippen LogP contribution in [0.1, 0.15) is 100 Å². The number of amides is 4. The molecule has 0 spiro atoms. The maximum absolute atomic E-state index is 14.4. The second-order valence-corrected chi connectivity index (χ2v) is 15.4. The lowest BCUT2D eigenvalue weighted by Crippen LogP contribution is -2.62. The minimum Gasteiger partial charge on any atom is -0.478 e. The van der Waals surface area contributed by atoms with Crippen LogP contribution in [-0.2, 0) is 36.9 Å². The van der Waals surface area contributed by atoms with Gasteiger partial charge in [-0.3, -0.25) is 14.4 Å². The van der Waals surface area contributed by atoms with Crippen molar-refractivity contribution < 1.29 is 38.6 Å². The van der Waals surface area contributed by atoms with Gasteiger partial charge in [-0.15, -0.1) is 0 Å². The number of piperidine rings is 1. The molecule has 1 aliphatic heterocycles. The summed E-state index contributed by atoms with van der Waals surface area (Å²) < 4.78 is 11.6. The molecule has 3 unspecified atom stereocenters. The Hall–Kier alpha value is -4.45. The highest BCUT2D eigenvalue weighted by molar-refractivity contribution is 5.93. The van der Waals surface area contributed by atoms with Crippen LogP contribution in [-0.4, -0.2) is 88.6 Å². The lowest BCUT2D eigenvalue weighted by Gasteiger charge is -2.43. The number of aromatic carboxylic acids is 1.